The number of carbonyl (C=O) groups is 3. The molecule has 0 radical (unpaired) electrons. The standard InChI is InChI=1S/C23H30FN3O3/c1-13(2)19(25-20(28)17-3-5-18(24)6-4-17)21(29)26-27-22(30)23-10-14-7-15(11-23)9-16(8-14)12-23/h3-6,13-16,19H,7-12H2,1-2H3,(H,25,28)(H,26,29)(H,27,30)/t14?,15?,16?,19-,23?/m0/s1. The molecule has 4 aliphatic rings. The van der Waals surface area contributed by atoms with E-state index in [1.165, 1.54) is 43.5 Å². The number of nitrogens with one attached hydrogen (secondary N) is 3. The third-order valence-electron chi connectivity index (χ3n) is 7.16. The molecule has 4 bridgehead atoms. The van der Waals surface area contributed by atoms with E-state index >= 15 is 0 Å². The Hall–Kier alpha value is -2.44. The minimum absolute atomic E-state index is 0.0951. The highest BCUT2D eigenvalue weighted by Gasteiger charge is 2.54. The second-order valence-electron chi connectivity index (χ2n) is 9.84. The SMILES string of the molecule is CC(C)[C@H](NC(=O)c1ccc(F)cc1)C(=O)NNC(=O)C12CC3CC(CC(C3)C1)C2. The maximum Gasteiger partial charge on any atom is 0.261 e. The van der Waals surface area contributed by atoms with Crippen molar-refractivity contribution >= 4 is 17.7 Å². The minimum atomic E-state index is -0.820. The predicted octanol–water partition coefficient (Wildman–Crippen LogP) is 2.94. The second-order valence-corrected chi connectivity index (χ2v) is 9.84. The number of hydrogen-bond donors (Lipinski definition) is 3. The molecule has 30 heavy (non-hydrogen) atoms. The van der Waals surface area contributed by atoms with E-state index in [9.17, 15) is 18.8 Å². The molecule has 1 aromatic rings. The number of rotatable bonds is 5. The van der Waals surface area contributed by atoms with Crippen molar-refractivity contribution in [3.8, 4) is 0 Å². The largest absolute Gasteiger partial charge is 0.340 e. The van der Waals surface area contributed by atoms with E-state index in [4.69, 9.17) is 0 Å². The molecule has 1 atom stereocenters. The Morgan fingerprint density at radius 3 is 1.97 bits per heavy atom. The van der Waals surface area contributed by atoms with Crippen molar-refractivity contribution < 1.29 is 18.8 Å². The summed E-state index contributed by atoms with van der Waals surface area (Å²) in [7, 11) is 0. The second kappa shape index (κ2) is 8.00. The van der Waals surface area contributed by atoms with Gasteiger partial charge in [-0.15, -0.1) is 0 Å². The van der Waals surface area contributed by atoms with Gasteiger partial charge < -0.3 is 5.32 Å². The molecule has 0 heterocycles. The van der Waals surface area contributed by atoms with Crippen molar-refractivity contribution in [1.29, 1.82) is 0 Å². The first-order chi connectivity index (χ1) is 14.3. The van der Waals surface area contributed by atoms with Crippen LogP contribution in [0.4, 0.5) is 4.39 Å². The number of amides is 3. The molecule has 0 aliphatic heterocycles. The first-order valence-electron chi connectivity index (χ1n) is 10.9. The van der Waals surface area contributed by atoms with E-state index in [1.54, 1.807) is 0 Å². The third-order valence-corrected chi connectivity index (χ3v) is 7.16. The molecule has 3 amide bonds. The summed E-state index contributed by atoms with van der Waals surface area (Å²) in [5.74, 6) is 0.267. The summed E-state index contributed by atoms with van der Waals surface area (Å²) < 4.78 is 13.1. The number of hydrazine groups is 1. The lowest BCUT2D eigenvalue weighted by Gasteiger charge is -2.55. The fraction of sp³-hybridized carbons (Fsp3) is 0.609. The summed E-state index contributed by atoms with van der Waals surface area (Å²) in [6.07, 6.45) is 6.46. The Labute approximate surface area is 176 Å². The van der Waals surface area contributed by atoms with E-state index in [2.05, 4.69) is 16.2 Å². The van der Waals surface area contributed by atoms with Crippen molar-refractivity contribution in [2.75, 3.05) is 0 Å². The Bertz CT molecular complexity index is 801. The molecule has 4 fully saturated rings. The zero-order valence-corrected chi connectivity index (χ0v) is 17.5. The molecule has 4 aliphatic carbocycles. The van der Waals surface area contributed by atoms with Gasteiger partial charge in [0.25, 0.3) is 11.8 Å². The van der Waals surface area contributed by atoms with Gasteiger partial charge in [0.05, 0.1) is 5.41 Å². The van der Waals surface area contributed by atoms with Crippen LogP contribution in [0.25, 0.3) is 0 Å². The van der Waals surface area contributed by atoms with Gasteiger partial charge in [-0.1, -0.05) is 13.8 Å². The maximum atomic E-state index is 13.1. The number of carbonyl (C=O) groups excluding carboxylic acids is 3. The van der Waals surface area contributed by atoms with Crippen LogP contribution in [0, 0.1) is 34.9 Å². The summed E-state index contributed by atoms with van der Waals surface area (Å²) in [5.41, 5.74) is 5.11. The quantitative estimate of drug-likeness (QED) is 0.646. The smallest absolute Gasteiger partial charge is 0.261 e. The van der Waals surface area contributed by atoms with Gasteiger partial charge in [-0.25, -0.2) is 4.39 Å². The van der Waals surface area contributed by atoms with Gasteiger partial charge in [0.2, 0.25) is 5.91 Å². The summed E-state index contributed by atoms with van der Waals surface area (Å²) in [6, 6.07) is 4.32. The molecule has 6 nitrogen and oxygen atoms in total. The Morgan fingerprint density at radius 1 is 0.933 bits per heavy atom. The number of halogens is 1. The highest BCUT2D eigenvalue weighted by molar-refractivity contribution is 5.98. The van der Waals surface area contributed by atoms with Crippen molar-refractivity contribution in [3.63, 3.8) is 0 Å². The number of benzene rings is 1. The van der Waals surface area contributed by atoms with Gasteiger partial charge in [-0.05, 0) is 86.5 Å². The van der Waals surface area contributed by atoms with Crippen LogP contribution in [-0.2, 0) is 9.59 Å². The Balaban J connectivity index is 1.36. The summed E-state index contributed by atoms with van der Waals surface area (Å²) in [6.45, 7) is 3.63. The van der Waals surface area contributed by atoms with Crippen LogP contribution in [-0.4, -0.2) is 23.8 Å². The van der Waals surface area contributed by atoms with E-state index < -0.39 is 23.7 Å². The molecule has 0 spiro atoms. The van der Waals surface area contributed by atoms with Gasteiger partial charge in [0, 0.05) is 5.56 Å². The molecule has 0 aromatic heterocycles. The van der Waals surface area contributed by atoms with Gasteiger partial charge in [-0.3, -0.25) is 25.2 Å². The Morgan fingerprint density at radius 2 is 1.47 bits per heavy atom. The molecule has 0 unspecified atom stereocenters. The minimum Gasteiger partial charge on any atom is -0.340 e. The van der Waals surface area contributed by atoms with Gasteiger partial charge in [-0.2, -0.15) is 0 Å². The van der Waals surface area contributed by atoms with Gasteiger partial charge in [0.1, 0.15) is 11.9 Å². The van der Waals surface area contributed by atoms with Crippen molar-refractivity contribution in [1.82, 2.24) is 16.2 Å². The van der Waals surface area contributed by atoms with Crippen molar-refractivity contribution in [2.45, 2.75) is 58.4 Å². The number of hydrogen-bond acceptors (Lipinski definition) is 3. The van der Waals surface area contributed by atoms with Crippen LogP contribution in [0.5, 0.6) is 0 Å². The average Bonchev–Trinajstić information content (AvgIpc) is 2.69. The van der Waals surface area contributed by atoms with E-state index in [0.29, 0.717) is 17.8 Å². The van der Waals surface area contributed by atoms with Gasteiger partial charge in [0.15, 0.2) is 0 Å². The maximum absolute atomic E-state index is 13.1. The third kappa shape index (κ3) is 4.07. The Kier molecular flexibility index (Phi) is 5.55. The summed E-state index contributed by atoms with van der Waals surface area (Å²) in [4.78, 5) is 38.2. The lowest BCUT2D eigenvalue weighted by molar-refractivity contribution is -0.149. The topological polar surface area (TPSA) is 87.3 Å². The monoisotopic (exact) mass is 415 g/mol. The molecule has 0 saturated heterocycles. The predicted molar refractivity (Wildman–Crippen MR) is 109 cm³/mol. The average molecular weight is 416 g/mol. The van der Waals surface area contributed by atoms with Crippen molar-refractivity contribution in [3.05, 3.63) is 35.6 Å². The lowest BCUT2D eigenvalue weighted by Crippen LogP contribution is -2.59. The lowest BCUT2D eigenvalue weighted by atomic mass is 9.49. The summed E-state index contributed by atoms with van der Waals surface area (Å²) in [5, 5.41) is 2.69. The molecular weight excluding hydrogens is 385 g/mol. The zero-order valence-electron chi connectivity index (χ0n) is 17.5. The van der Waals surface area contributed by atoms with Crippen LogP contribution in [0.2, 0.25) is 0 Å². The molecule has 5 rings (SSSR count). The van der Waals surface area contributed by atoms with E-state index in [1.807, 2.05) is 13.8 Å². The van der Waals surface area contributed by atoms with Crippen LogP contribution in [0.3, 0.4) is 0 Å². The van der Waals surface area contributed by atoms with Crippen LogP contribution in [0.1, 0.15) is 62.7 Å². The van der Waals surface area contributed by atoms with Crippen LogP contribution < -0.4 is 16.2 Å². The van der Waals surface area contributed by atoms with Gasteiger partial charge >= 0.3 is 0 Å². The van der Waals surface area contributed by atoms with Crippen molar-refractivity contribution in [2.24, 2.45) is 29.1 Å². The first-order valence-corrected chi connectivity index (χ1v) is 10.9. The van der Waals surface area contributed by atoms with E-state index in [-0.39, 0.29) is 22.8 Å². The fourth-order valence-corrected chi connectivity index (χ4v) is 6.08. The zero-order chi connectivity index (χ0) is 21.5. The highest BCUT2D eigenvalue weighted by Crippen LogP contribution is 2.60. The fourth-order valence-electron chi connectivity index (χ4n) is 6.08. The molecule has 4 saturated carbocycles. The molecular formula is C23H30FN3O3. The molecule has 162 valence electrons. The molecule has 1 aromatic carbocycles. The van der Waals surface area contributed by atoms with E-state index in [0.717, 1.165) is 19.3 Å². The summed E-state index contributed by atoms with van der Waals surface area (Å²) >= 11 is 0. The highest BCUT2D eigenvalue weighted by atomic mass is 19.1. The first kappa shape index (κ1) is 20.8. The molecule has 3 N–H and O–H groups in total. The normalized spacial score (nSPS) is 30.1. The molecule has 7 heteroatoms. The van der Waals surface area contributed by atoms with Crippen LogP contribution >= 0.6 is 0 Å². The van der Waals surface area contributed by atoms with Crippen LogP contribution in [0.15, 0.2) is 24.3 Å².